The van der Waals surface area contributed by atoms with Crippen molar-refractivity contribution in [2.45, 2.75) is 77.9 Å². The second kappa shape index (κ2) is 5.14. The van der Waals surface area contributed by atoms with Gasteiger partial charge in [0.1, 0.15) is 12.1 Å². The zero-order valence-corrected chi connectivity index (χ0v) is 12.5. The fourth-order valence-electron chi connectivity index (χ4n) is 3.52. The third-order valence-corrected chi connectivity index (χ3v) is 4.65. The molecule has 0 aromatic rings. The molecule has 2 fully saturated rings. The number of hydrogen-bond donors (Lipinski definition) is 1. The lowest BCUT2D eigenvalue weighted by Crippen LogP contribution is -2.65. The summed E-state index contributed by atoms with van der Waals surface area (Å²) in [6.07, 6.45) is 5.07. The quantitative estimate of drug-likeness (QED) is 0.832. The molecule has 0 bridgehead atoms. The van der Waals surface area contributed by atoms with Crippen molar-refractivity contribution in [1.29, 1.82) is 0 Å². The summed E-state index contributed by atoms with van der Waals surface area (Å²) in [7, 11) is 0. The Kier molecular flexibility index (Phi) is 3.88. The molecule has 2 aliphatic rings. The highest BCUT2D eigenvalue weighted by atomic mass is 16.2. The van der Waals surface area contributed by atoms with E-state index in [-0.39, 0.29) is 35.4 Å². The van der Waals surface area contributed by atoms with Gasteiger partial charge >= 0.3 is 0 Å². The summed E-state index contributed by atoms with van der Waals surface area (Å²) in [4.78, 5) is 26.4. The van der Waals surface area contributed by atoms with Crippen LogP contribution >= 0.6 is 0 Å². The summed E-state index contributed by atoms with van der Waals surface area (Å²) in [5.41, 5.74) is 0.276. The lowest BCUT2D eigenvalue weighted by atomic mass is 9.74. The molecule has 1 saturated heterocycles. The van der Waals surface area contributed by atoms with Gasteiger partial charge in [0.2, 0.25) is 11.8 Å². The molecule has 1 aliphatic carbocycles. The predicted octanol–water partition coefficient (Wildman–Crippen LogP) is 2.08. The van der Waals surface area contributed by atoms with Gasteiger partial charge in [-0.2, -0.15) is 0 Å². The SMILES string of the molecule is CCC1NC(=O)C(C)N(C2CCCC(C)(C)C2)C1=O. The Morgan fingerprint density at radius 2 is 2.05 bits per heavy atom. The third kappa shape index (κ3) is 2.77. The van der Waals surface area contributed by atoms with E-state index in [1.54, 1.807) is 0 Å². The molecule has 108 valence electrons. The molecule has 4 nitrogen and oxygen atoms in total. The molecule has 1 saturated carbocycles. The molecule has 0 aromatic heterocycles. The van der Waals surface area contributed by atoms with Crippen LogP contribution in [0.5, 0.6) is 0 Å². The summed E-state index contributed by atoms with van der Waals surface area (Å²) in [5, 5.41) is 2.83. The minimum Gasteiger partial charge on any atom is -0.343 e. The van der Waals surface area contributed by atoms with Gasteiger partial charge in [-0.05, 0) is 38.0 Å². The molecule has 2 amide bonds. The van der Waals surface area contributed by atoms with Crippen LogP contribution in [-0.2, 0) is 9.59 Å². The van der Waals surface area contributed by atoms with Gasteiger partial charge in [-0.3, -0.25) is 9.59 Å². The second-order valence-electron chi connectivity index (χ2n) is 6.81. The van der Waals surface area contributed by atoms with E-state index in [0.29, 0.717) is 6.42 Å². The fraction of sp³-hybridized carbons (Fsp3) is 0.867. The Morgan fingerprint density at radius 3 is 2.63 bits per heavy atom. The molecular weight excluding hydrogens is 240 g/mol. The number of carbonyl (C=O) groups excluding carboxylic acids is 2. The number of piperazine rings is 1. The Hall–Kier alpha value is -1.06. The first-order valence-corrected chi connectivity index (χ1v) is 7.48. The maximum atomic E-state index is 12.5. The monoisotopic (exact) mass is 266 g/mol. The smallest absolute Gasteiger partial charge is 0.246 e. The van der Waals surface area contributed by atoms with E-state index >= 15 is 0 Å². The first kappa shape index (κ1) is 14.4. The van der Waals surface area contributed by atoms with Crippen molar-refractivity contribution in [3.05, 3.63) is 0 Å². The molecule has 4 heteroatoms. The van der Waals surface area contributed by atoms with Crippen LogP contribution in [0.1, 0.15) is 59.8 Å². The predicted molar refractivity (Wildman–Crippen MR) is 74.6 cm³/mol. The van der Waals surface area contributed by atoms with Crippen molar-refractivity contribution in [2.75, 3.05) is 0 Å². The van der Waals surface area contributed by atoms with Crippen molar-refractivity contribution in [2.24, 2.45) is 5.41 Å². The Morgan fingerprint density at radius 1 is 1.37 bits per heavy atom. The minimum atomic E-state index is -0.325. The van der Waals surface area contributed by atoms with Crippen molar-refractivity contribution < 1.29 is 9.59 Å². The van der Waals surface area contributed by atoms with E-state index in [1.165, 1.54) is 6.42 Å². The van der Waals surface area contributed by atoms with E-state index in [2.05, 4.69) is 19.2 Å². The normalized spacial score (nSPS) is 35.2. The molecule has 0 aromatic carbocycles. The summed E-state index contributed by atoms with van der Waals surface area (Å²) < 4.78 is 0. The van der Waals surface area contributed by atoms with Crippen LogP contribution in [0.15, 0.2) is 0 Å². The number of hydrogen-bond acceptors (Lipinski definition) is 2. The molecule has 3 atom stereocenters. The van der Waals surface area contributed by atoms with E-state index in [1.807, 2.05) is 18.7 Å². The van der Waals surface area contributed by atoms with E-state index in [0.717, 1.165) is 19.3 Å². The number of carbonyl (C=O) groups is 2. The highest BCUT2D eigenvalue weighted by Crippen LogP contribution is 2.38. The van der Waals surface area contributed by atoms with Crippen LogP contribution in [-0.4, -0.2) is 34.8 Å². The molecule has 0 spiro atoms. The molecule has 1 heterocycles. The zero-order valence-electron chi connectivity index (χ0n) is 12.5. The summed E-state index contributed by atoms with van der Waals surface area (Å²) in [6, 6.07) is -0.422. The topological polar surface area (TPSA) is 49.4 Å². The minimum absolute atomic E-state index is 0.00479. The highest BCUT2D eigenvalue weighted by molar-refractivity contribution is 5.96. The van der Waals surface area contributed by atoms with Crippen molar-refractivity contribution in [1.82, 2.24) is 10.2 Å². The van der Waals surface area contributed by atoms with Crippen molar-refractivity contribution in [3.63, 3.8) is 0 Å². The second-order valence-corrected chi connectivity index (χ2v) is 6.81. The summed E-state index contributed by atoms with van der Waals surface area (Å²) in [6.45, 7) is 8.31. The fourth-order valence-corrected chi connectivity index (χ4v) is 3.52. The molecule has 0 radical (unpaired) electrons. The van der Waals surface area contributed by atoms with Gasteiger partial charge < -0.3 is 10.2 Å². The van der Waals surface area contributed by atoms with Crippen LogP contribution in [0.2, 0.25) is 0 Å². The number of nitrogens with one attached hydrogen (secondary N) is 1. The van der Waals surface area contributed by atoms with Gasteiger partial charge in [-0.25, -0.2) is 0 Å². The van der Waals surface area contributed by atoms with Crippen LogP contribution in [0, 0.1) is 5.41 Å². The Bertz CT molecular complexity index is 378. The van der Waals surface area contributed by atoms with Gasteiger partial charge in [0, 0.05) is 6.04 Å². The summed E-state index contributed by atoms with van der Waals surface area (Å²) in [5.74, 6) is 0.104. The Labute approximate surface area is 115 Å². The first-order chi connectivity index (χ1) is 8.85. The van der Waals surface area contributed by atoms with Crippen molar-refractivity contribution in [3.8, 4) is 0 Å². The average Bonchev–Trinajstić information content (AvgIpc) is 2.33. The Balaban J connectivity index is 2.20. The molecule has 3 unspecified atom stereocenters. The molecule has 1 N–H and O–H groups in total. The van der Waals surface area contributed by atoms with Crippen LogP contribution < -0.4 is 5.32 Å². The maximum absolute atomic E-state index is 12.5. The van der Waals surface area contributed by atoms with E-state index < -0.39 is 0 Å². The van der Waals surface area contributed by atoms with Gasteiger partial charge in [-0.15, -0.1) is 0 Å². The van der Waals surface area contributed by atoms with Crippen molar-refractivity contribution >= 4 is 11.8 Å². The van der Waals surface area contributed by atoms with Gasteiger partial charge in [0.15, 0.2) is 0 Å². The molecular formula is C15H26N2O2. The third-order valence-electron chi connectivity index (χ3n) is 4.65. The zero-order chi connectivity index (χ0) is 14.2. The average molecular weight is 266 g/mol. The largest absolute Gasteiger partial charge is 0.343 e. The van der Waals surface area contributed by atoms with Gasteiger partial charge in [0.05, 0.1) is 0 Å². The standard InChI is InChI=1S/C15H26N2O2/c1-5-12-14(19)17(10(2)13(18)16-12)11-7-6-8-15(3,4)9-11/h10-12H,5-9H2,1-4H3,(H,16,18). The summed E-state index contributed by atoms with van der Waals surface area (Å²) >= 11 is 0. The molecule has 1 aliphatic heterocycles. The number of amides is 2. The maximum Gasteiger partial charge on any atom is 0.246 e. The van der Waals surface area contributed by atoms with Gasteiger partial charge in [-0.1, -0.05) is 27.2 Å². The highest BCUT2D eigenvalue weighted by Gasteiger charge is 2.43. The van der Waals surface area contributed by atoms with Crippen LogP contribution in [0.25, 0.3) is 0 Å². The van der Waals surface area contributed by atoms with E-state index in [4.69, 9.17) is 0 Å². The van der Waals surface area contributed by atoms with Crippen LogP contribution in [0.3, 0.4) is 0 Å². The first-order valence-electron chi connectivity index (χ1n) is 7.48. The molecule has 2 rings (SSSR count). The van der Waals surface area contributed by atoms with E-state index in [9.17, 15) is 9.59 Å². The van der Waals surface area contributed by atoms with Crippen LogP contribution in [0.4, 0.5) is 0 Å². The number of nitrogens with zero attached hydrogens (tertiary/aromatic N) is 1. The number of rotatable bonds is 2. The van der Waals surface area contributed by atoms with Gasteiger partial charge in [0.25, 0.3) is 0 Å². The lowest BCUT2D eigenvalue weighted by molar-refractivity contribution is -0.153. The lowest BCUT2D eigenvalue weighted by Gasteiger charge is -2.46. The molecule has 19 heavy (non-hydrogen) atoms.